The molecule has 1 N–H and O–H groups in total. The maximum absolute atomic E-state index is 11.9. The average molecular weight is 281 g/mol. The SMILES string of the molecule is CC(C)(C)OC(=O)N1CCC(Cn2cc(O)cn2)CC1. The standard InChI is InChI=1S/C14H23N3O3/c1-14(2,3)20-13(19)16-6-4-11(5-7-16)9-17-10-12(18)8-15-17/h8,10-11,18H,4-7,9H2,1-3H3. The molecule has 0 spiro atoms. The van der Waals surface area contributed by atoms with E-state index in [2.05, 4.69) is 5.10 Å². The van der Waals surface area contributed by atoms with Gasteiger partial charge in [-0.1, -0.05) is 0 Å². The van der Waals surface area contributed by atoms with E-state index in [9.17, 15) is 9.90 Å². The molecule has 6 nitrogen and oxygen atoms in total. The van der Waals surface area contributed by atoms with E-state index in [1.807, 2.05) is 20.8 Å². The number of hydrogen-bond acceptors (Lipinski definition) is 4. The smallest absolute Gasteiger partial charge is 0.410 e. The Bertz CT molecular complexity index is 456. The number of rotatable bonds is 2. The van der Waals surface area contributed by atoms with E-state index in [4.69, 9.17) is 4.74 Å². The summed E-state index contributed by atoms with van der Waals surface area (Å²) in [4.78, 5) is 13.7. The Kier molecular flexibility index (Phi) is 4.20. The molecule has 0 aliphatic carbocycles. The molecule has 1 aromatic rings. The van der Waals surface area contributed by atoms with Gasteiger partial charge in [0.05, 0.1) is 12.4 Å². The topological polar surface area (TPSA) is 67.6 Å². The number of ether oxygens (including phenoxy) is 1. The number of piperidine rings is 1. The Morgan fingerprint density at radius 1 is 1.45 bits per heavy atom. The molecule has 0 bridgehead atoms. The van der Waals surface area contributed by atoms with Gasteiger partial charge < -0.3 is 14.7 Å². The molecule has 0 unspecified atom stereocenters. The van der Waals surface area contributed by atoms with Crippen LogP contribution in [0.15, 0.2) is 12.4 Å². The molecule has 0 radical (unpaired) electrons. The van der Waals surface area contributed by atoms with Gasteiger partial charge in [0.2, 0.25) is 0 Å². The van der Waals surface area contributed by atoms with Gasteiger partial charge in [-0.3, -0.25) is 4.68 Å². The second-order valence-corrected chi connectivity index (χ2v) is 6.33. The summed E-state index contributed by atoms with van der Waals surface area (Å²) in [6.45, 7) is 7.84. The van der Waals surface area contributed by atoms with Crippen molar-refractivity contribution in [2.24, 2.45) is 5.92 Å². The highest BCUT2D eigenvalue weighted by atomic mass is 16.6. The second kappa shape index (κ2) is 5.73. The lowest BCUT2D eigenvalue weighted by atomic mass is 9.97. The zero-order valence-corrected chi connectivity index (χ0v) is 12.4. The van der Waals surface area contributed by atoms with Crippen LogP contribution in [0.3, 0.4) is 0 Å². The molecule has 1 amide bonds. The number of likely N-dealkylation sites (tertiary alicyclic amines) is 1. The first kappa shape index (κ1) is 14.7. The third kappa shape index (κ3) is 4.15. The van der Waals surface area contributed by atoms with Crippen LogP contribution in [0, 0.1) is 5.92 Å². The van der Waals surface area contributed by atoms with Gasteiger partial charge >= 0.3 is 6.09 Å². The number of hydrogen-bond donors (Lipinski definition) is 1. The predicted octanol–water partition coefficient (Wildman–Crippen LogP) is 2.24. The minimum atomic E-state index is -0.444. The zero-order chi connectivity index (χ0) is 14.8. The Morgan fingerprint density at radius 2 is 2.10 bits per heavy atom. The van der Waals surface area contributed by atoms with E-state index >= 15 is 0 Å². The van der Waals surface area contributed by atoms with E-state index < -0.39 is 5.60 Å². The van der Waals surface area contributed by atoms with Crippen molar-refractivity contribution < 1.29 is 14.6 Å². The van der Waals surface area contributed by atoms with E-state index in [0.717, 1.165) is 19.4 Å². The van der Waals surface area contributed by atoms with E-state index in [1.165, 1.54) is 6.20 Å². The van der Waals surface area contributed by atoms with Crippen molar-refractivity contribution in [3.63, 3.8) is 0 Å². The molecule has 1 aromatic heterocycles. The van der Waals surface area contributed by atoms with Crippen LogP contribution in [0.1, 0.15) is 33.6 Å². The van der Waals surface area contributed by atoms with E-state index in [1.54, 1.807) is 15.8 Å². The molecule has 1 aliphatic rings. The maximum Gasteiger partial charge on any atom is 0.410 e. The fourth-order valence-corrected chi connectivity index (χ4v) is 2.34. The Labute approximate surface area is 119 Å². The number of amides is 1. The minimum Gasteiger partial charge on any atom is -0.505 e. The molecule has 6 heteroatoms. The predicted molar refractivity (Wildman–Crippen MR) is 74.4 cm³/mol. The molecule has 0 aromatic carbocycles. The van der Waals surface area contributed by atoms with Crippen molar-refractivity contribution in [2.45, 2.75) is 45.8 Å². The first-order valence-electron chi connectivity index (χ1n) is 7.03. The van der Waals surface area contributed by atoms with Crippen molar-refractivity contribution in [3.8, 4) is 5.75 Å². The van der Waals surface area contributed by atoms with Crippen molar-refractivity contribution in [2.75, 3.05) is 13.1 Å². The third-order valence-electron chi connectivity index (χ3n) is 3.33. The molecule has 2 heterocycles. The van der Waals surface area contributed by atoms with Crippen LogP contribution in [0.2, 0.25) is 0 Å². The van der Waals surface area contributed by atoms with Gasteiger partial charge in [-0.25, -0.2) is 4.79 Å². The first-order chi connectivity index (χ1) is 9.33. The van der Waals surface area contributed by atoms with Crippen molar-refractivity contribution in [1.82, 2.24) is 14.7 Å². The van der Waals surface area contributed by atoms with Crippen LogP contribution >= 0.6 is 0 Å². The van der Waals surface area contributed by atoms with E-state index in [-0.39, 0.29) is 11.8 Å². The monoisotopic (exact) mass is 281 g/mol. The Morgan fingerprint density at radius 3 is 2.60 bits per heavy atom. The van der Waals surface area contributed by atoms with Crippen molar-refractivity contribution >= 4 is 6.09 Å². The largest absolute Gasteiger partial charge is 0.505 e. The molecule has 0 saturated carbocycles. The molecular formula is C14H23N3O3. The van der Waals surface area contributed by atoms with Gasteiger partial charge in [-0.05, 0) is 39.5 Å². The quantitative estimate of drug-likeness (QED) is 0.902. The molecule has 1 saturated heterocycles. The summed E-state index contributed by atoms with van der Waals surface area (Å²) < 4.78 is 7.12. The van der Waals surface area contributed by atoms with Gasteiger partial charge in [0.1, 0.15) is 5.60 Å². The van der Waals surface area contributed by atoms with Gasteiger partial charge in [0.25, 0.3) is 0 Å². The van der Waals surface area contributed by atoms with Gasteiger partial charge in [-0.2, -0.15) is 5.10 Å². The first-order valence-corrected chi connectivity index (χ1v) is 7.03. The lowest BCUT2D eigenvalue weighted by Crippen LogP contribution is -2.42. The highest BCUT2D eigenvalue weighted by Crippen LogP contribution is 2.21. The molecule has 0 atom stereocenters. The summed E-state index contributed by atoms with van der Waals surface area (Å²) in [5.74, 6) is 0.671. The third-order valence-corrected chi connectivity index (χ3v) is 3.33. The summed E-state index contributed by atoms with van der Waals surface area (Å²) in [5, 5.41) is 13.3. The maximum atomic E-state index is 11.9. The second-order valence-electron chi connectivity index (χ2n) is 6.33. The highest BCUT2D eigenvalue weighted by molar-refractivity contribution is 5.68. The molecule has 1 fully saturated rings. The lowest BCUT2D eigenvalue weighted by molar-refractivity contribution is 0.0177. The fourth-order valence-electron chi connectivity index (χ4n) is 2.34. The molecule has 2 rings (SSSR count). The number of carbonyl (C=O) groups excluding carboxylic acids is 1. The summed E-state index contributed by atoms with van der Waals surface area (Å²) in [5.41, 5.74) is -0.444. The Hall–Kier alpha value is -1.72. The average Bonchev–Trinajstić information content (AvgIpc) is 2.73. The van der Waals surface area contributed by atoms with Gasteiger partial charge in [0.15, 0.2) is 5.75 Å². The van der Waals surface area contributed by atoms with Crippen LogP contribution in [-0.2, 0) is 11.3 Å². The summed E-state index contributed by atoms with van der Waals surface area (Å²) in [7, 11) is 0. The van der Waals surface area contributed by atoms with E-state index in [0.29, 0.717) is 19.0 Å². The summed E-state index contributed by atoms with van der Waals surface area (Å²) in [6.07, 6.45) is 4.70. The molecule has 1 aliphatic heterocycles. The number of nitrogens with zero attached hydrogens (tertiary/aromatic N) is 3. The number of carbonyl (C=O) groups is 1. The fraction of sp³-hybridized carbons (Fsp3) is 0.714. The molecule has 20 heavy (non-hydrogen) atoms. The van der Waals surface area contributed by atoms with Crippen molar-refractivity contribution in [1.29, 1.82) is 0 Å². The van der Waals surface area contributed by atoms with Crippen LogP contribution in [-0.4, -0.2) is 44.6 Å². The zero-order valence-electron chi connectivity index (χ0n) is 12.4. The number of aromatic nitrogens is 2. The van der Waals surface area contributed by atoms with Crippen LogP contribution in [0.5, 0.6) is 5.75 Å². The van der Waals surface area contributed by atoms with Crippen LogP contribution in [0.25, 0.3) is 0 Å². The van der Waals surface area contributed by atoms with Crippen LogP contribution < -0.4 is 0 Å². The van der Waals surface area contributed by atoms with Crippen LogP contribution in [0.4, 0.5) is 4.79 Å². The van der Waals surface area contributed by atoms with Crippen molar-refractivity contribution in [3.05, 3.63) is 12.4 Å². The molecule has 112 valence electrons. The molecular weight excluding hydrogens is 258 g/mol. The summed E-state index contributed by atoms with van der Waals surface area (Å²) in [6, 6.07) is 0. The minimum absolute atomic E-state index is 0.191. The normalized spacial score (nSPS) is 17.2. The van der Waals surface area contributed by atoms with Gasteiger partial charge in [0, 0.05) is 19.6 Å². The van der Waals surface area contributed by atoms with Gasteiger partial charge in [-0.15, -0.1) is 0 Å². The highest BCUT2D eigenvalue weighted by Gasteiger charge is 2.27. The lowest BCUT2D eigenvalue weighted by Gasteiger charge is -2.33. The summed E-state index contributed by atoms with van der Waals surface area (Å²) >= 11 is 0. The number of aromatic hydroxyl groups is 1. The Balaban J connectivity index is 1.79.